The van der Waals surface area contributed by atoms with Crippen LogP contribution >= 0.6 is 0 Å². The Bertz CT molecular complexity index is 607. The van der Waals surface area contributed by atoms with Gasteiger partial charge in [-0.1, -0.05) is 0 Å². The number of nitrogens with zero attached hydrogens (tertiary/aromatic N) is 4. The molecule has 0 fully saturated rings. The highest BCUT2D eigenvalue weighted by molar-refractivity contribution is 6.33. The lowest BCUT2D eigenvalue weighted by atomic mass is 10.3. The van der Waals surface area contributed by atoms with Crippen LogP contribution < -0.4 is 5.73 Å². The molecule has 0 unspecified atom stereocenters. The van der Waals surface area contributed by atoms with E-state index in [0.29, 0.717) is 11.2 Å². The standard InChI is InChI=1S/C10H11N5O3/c1-18-10(17)6(16)2-3-15-5-14-7-8(11)12-4-13-9(7)15/h4-5H,2-3H2,1H3,(H2,11,12,13). The molecule has 0 radical (unpaired) electrons. The summed E-state index contributed by atoms with van der Waals surface area (Å²) in [5, 5.41) is 0. The second kappa shape index (κ2) is 4.78. The van der Waals surface area contributed by atoms with E-state index in [1.165, 1.54) is 19.8 Å². The van der Waals surface area contributed by atoms with Crippen LogP contribution in [0.25, 0.3) is 11.2 Å². The van der Waals surface area contributed by atoms with Crippen LogP contribution in [-0.2, 0) is 20.9 Å². The number of rotatable bonds is 4. The third kappa shape index (κ3) is 2.12. The van der Waals surface area contributed by atoms with Crippen molar-refractivity contribution in [2.45, 2.75) is 13.0 Å². The van der Waals surface area contributed by atoms with Gasteiger partial charge in [-0.25, -0.2) is 19.7 Å². The summed E-state index contributed by atoms with van der Waals surface area (Å²) in [6.07, 6.45) is 2.83. The number of hydrogen-bond donors (Lipinski definition) is 1. The van der Waals surface area contributed by atoms with E-state index in [-0.39, 0.29) is 18.8 Å². The lowest BCUT2D eigenvalue weighted by Gasteiger charge is -2.02. The second-order valence-electron chi connectivity index (χ2n) is 3.53. The number of ketones is 1. The molecule has 2 aromatic rings. The molecule has 0 aliphatic carbocycles. The normalized spacial score (nSPS) is 10.5. The topological polar surface area (TPSA) is 113 Å². The third-order valence-corrected chi connectivity index (χ3v) is 2.42. The van der Waals surface area contributed by atoms with Crippen molar-refractivity contribution < 1.29 is 14.3 Å². The van der Waals surface area contributed by atoms with Gasteiger partial charge in [0.1, 0.15) is 11.8 Å². The zero-order valence-electron chi connectivity index (χ0n) is 9.66. The number of anilines is 1. The molecule has 0 atom stereocenters. The minimum Gasteiger partial charge on any atom is -0.463 e. The van der Waals surface area contributed by atoms with Gasteiger partial charge in [0.2, 0.25) is 5.78 Å². The van der Waals surface area contributed by atoms with E-state index in [4.69, 9.17) is 5.73 Å². The van der Waals surface area contributed by atoms with E-state index in [0.717, 1.165) is 0 Å². The van der Waals surface area contributed by atoms with Gasteiger partial charge in [-0.05, 0) is 0 Å². The lowest BCUT2D eigenvalue weighted by molar-refractivity contribution is -0.151. The van der Waals surface area contributed by atoms with Gasteiger partial charge in [-0.2, -0.15) is 0 Å². The third-order valence-electron chi connectivity index (χ3n) is 2.42. The van der Waals surface area contributed by atoms with Crippen molar-refractivity contribution in [2.75, 3.05) is 12.8 Å². The van der Waals surface area contributed by atoms with Gasteiger partial charge in [0.15, 0.2) is 11.5 Å². The largest absolute Gasteiger partial charge is 0.463 e. The Kier molecular flexibility index (Phi) is 3.18. The molecule has 0 saturated carbocycles. The molecule has 0 amide bonds. The van der Waals surface area contributed by atoms with Crippen LogP contribution in [0.4, 0.5) is 5.82 Å². The van der Waals surface area contributed by atoms with E-state index in [2.05, 4.69) is 19.7 Å². The first kappa shape index (κ1) is 12.0. The first-order chi connectivity index (χ1) is 8.63. The fourth-order valence-corrected chi connectivity index (χ4v) is 1.50. The molecule has 0 aliphatic rings. The molecular formula is C10H11N5O3. The van der Waals surface area contributed by atoms with E-state index in [1.807, 2.05) is 0 Å². The van der Waals surface area contributed by atoms with Crippen molar-refractivity contribution in [2.24, 2.45) is 0 Å². The minimum atomic E-state index is -0.853. The zero-order chi connectivity index (χ0) is 13.1. The van der Waals surface area contributed by atoms with E-state index in [1.54, 1.807) is 4.57 Å². The number of nitrogens with two attached hydrogens (primary N) is 1. The number of imidazole rings is 1. The summed E-state index contributed by atoms with van der Waals surface area (Å²) in [5.41, 5.74) is 6.63. The SMILES string of the molecule is COC(=O)C(=O)CCn1cnc2c(N)ncnc21. The zero-order valence-corrected chi connectivity index (χ0v) is 9.66. The second-order valence-corrected chi connectivity index (χ2v) is 3.53. The van der Waals surface area contributed by atoms with Gasteiger partial charge in [-0.3, -0.25) is 4.79 Å². The summed E-state index contributed by atoms with van der Waals surface area (Å²) in [7, 11) is 1.17. The molecule has 18 heavy (non-hydrogen) atoms. The lowest BCUT2D eigenvalue weighted by Crippen LogP contribution is -2.17. The highest BCUT2D eigenvalue weighted by Gasteiger charge is 2.15. The number of hydrogen-bond acceptors (Lipinski definition) is 7. The maximum absolute atomic E-state index is 11.3. The Morgan fingerprint density at radius 2 is 2.17 bits per heavy atom. The molecular weight excluding hydrogens is 238 g/mol. The molecule has 0 saturated heterocycles. The molecule has 2 heterocycles. The maximum Gasteiger partial charge on any atom is 0.374 e. The molecule has 8 heteroatoms. The fourth-order valence-electron chi connectivity index (χ4n) is 1.50. The van der Waals surface area contributed by atoms with Gasteiger partial charge in [0.25, 0.3) is 0 Å². The summed E-state index contributed by atoms with van der Waals surface area (Å²) >= 11 is 0. The highest BCUT2D eigenvalue weighted by Crippen LogP contribution is 2.14. The number of carbonyl (C=O) groups excluding carboxylic acids is 2. The van der Waals surface area contributed by atoms with Crippen LogP contribution in [0.2, 0.25) is 0 Å². The minimum absolute atomic E-state index is 0.0159. The molecule has 2 N–H and O–H groups in total. The van der Waals surface area contributed by atoms with Gasteiger partial charge in [-0.15, -0.1) is 0 Å². The number of aryl methyl sites for hydroxylation is 1. The summed E-state index contributed by atoms with van der Waals surface area (Å²) < 4.78 is 5.96. The first-order valence-corrected chi connectivity index (χ1v) is 5.16. The van der Waals surface area contributed by atoms with Gasteiger partial charge < -0.3 is 15.0 Å². The van der Waals surface area contributed by atoms with E-state index < -0.39 is 11.8 Å². The first-order valence-electron chi connectivity index (χ1n) is 5.16. The van der Waals surface area contributed by atoms with Gasteiger partial charge in [0, 0.05) is 13.0 Å². The van der Waals surface area contributed by atoms with Crippen molar-refractivity contribution in [1.29, 1.82) is 0 Å². The average Bonchev–Trinajstić information content (AvgIpc) is 2.79. The number of ether oxygens (including phenoxy) is 1. The number of Topliss-reactive ketones (excluding diaryl/α,β-unsaturated/α-hetero) is 1. The van der Waals surface area contributed by atoms with Crippen molar-refractivity contribution in [1.82, 2.24) is 19.5 Å². The quantitative estimate of drug-likeness (QED) is 0.576. The molecule has 2 rings (SSSR count). The number of methoxy groups -OCH3 is 1. The van der Waals surface area contributed by atoms with Crippen molar-refractivity contribution in [3.63, 3.8) is 0 Å². The molecule has 0 bridgehead atoms. The van der Waals surface area contributed by atoms with Gasteiger partial charge >= 0.3 is 5.97 Å². The van der Waals surface area contributed by atoms with Crippen LogP contribution in [-0.4, -0.2) is 38.4 Å². The molecule has 8 nitrogen and oxygen atoms in total. The predicted octanol–water partition coefficient (Wildman–Crippen LogP) is -0.459. The average molecular weight is 249 g/mol. The van der Waals surface area contributed by atoms with E-state index in [9.17, 15) is 9.59 Å². The van der Waals surface area contributed by atoms with Crippen molar-refractivity contribution in [3.8, 4) is 0 Å². The summed E-state index contributed by atoms with van der Waals surface area (Å²) in [4.78, 5) is 34.1. The maximum atomic E-state index is 11.3. The number of nitrogen functional groups attached to an aromatic ring is 1. The van der Waals surface area contributed by atoms with Crippen LogP contribution in [0.1, 0.15) is 6.42 Å². The monoisotopic (exact) mass is 249 g/mol. The molecule has 94 valence electrons. The molecule has 0 aromatic carbocycles. The number of aromatic nitrogens is 4. The Labute approximate surface area is 102 Å². The van der Waals surface area contributed by atoms with Crippen LogP contribution in [0.5, 0.6) is 0 Å². The van der Waals surface area contributed by atoms with Crippen LogP contribution in [0.15, 0.2) is 12.7 Å². The highest BCUT2D eigenvalue weighted by atomic mass is 16.5. The smallest absolute Gasteiger partial charge is 0.374 e. The van der Waals surface area contributed by atoms with Crippen LogP contribution in [0, 0.1) is 0 Å². The molecule has 0 aliphatic heterocycles. The number of fused-ring (bicyclic) bond motifs is 1. The van der Waals surface area contributed by atoms with Gasteiger partial charge in [0.05, 0.1) is 13.4 Å². The summed E-state index contributed by atoms with van der Waals surface area (Å²) in [6, 6.07) is 0. The Hall–Kier alpha value is -2.51. The van der Waals surface area contributed by atoms with Crippen molar-refractivity contribution >= 4 is 28.7 Å². The van der Waals surface area contributed by atoms with E-state index >= 15 is 0 Å². The molecule has 0 spiro atoms. The summed E-state index contributed by atoms with van der Waals surface area (Å²) in [6.45, 7) is 0.279. The Morgan fingerprint density at radius 3 is 2.89 bits per heavy atom. The fraction of sp³-hybridized carbons (Fsp3) is 0.300. The Balaban J connectivity index is 2.16. The number of esters is 1. The predicted molar refractivity (Wildman–Crippen MR) is 61.4 cm³/mol. The number of carbonyl (C=O) groups is 2. The summed E-state index contributed by atoms with van der Waals surface area (Å²) in [5.74, 6) is -1.17. The Morgan fingerprint density at radius 1 is 1.39 bits per heavy atom. The van der Waals surface area contributed by atoms with Crippen LogP contribution in [0.3, 0.4) is 0 Å². The van der Waals surface area contributed by atoms with Crippen molar-refractivity contribution in [3.05, 3.63) is 12.7 Å². The molecule has 2 aromatic heterocycles.